The van der Waals surface area contributed by atoms with Gasteiger partial charge in [-0.2, -0.15) is 5.26 Å². The zero-order valence-corrected chi connectivity index (χ0v) is 11.0. The summed E-state index contributed by atoms with van der Waals surface area (Å²) in [6, 6.07) is 12.9. The Morgan fingerprint density at radius 1 is 1.10 bits per heavy atom. The minimum atomic E-state index is -0.551. The first-order valence-corrected chi connectivity index (χ1v) is 6.28. The van der Waals surface area contributed by atoms with Crippen LogP contribution in [0.3, 0.4) is 0 Å². The molecule has 0 amide bonds. The molecule has 0 fully saturated rings. The monoisotopic (exact) mass is 272 g/mol. The maximum Gasteiger partial charge on any atom is 0.130 e. The normalized spacial score (nSPS) is 11.9. The van der Waals surface area contributed by atoms with Gasteiger partial charge in [0.2, 0.25) is 0 Å². The van der Waals surface area contributed by atoms with Crippen LogP contribution in [0, 0.1) is 23.0 Å². The van der Waals surface area contributed by atoms with Crippen molar-refractivity contribution < 1.29 is 8.78 Å². The highest BCUT2D eigenvalue weighted by Gasteiger charge is 2.10. The molecular weight excluding hydrogens is 258 g/mol. The Hall–Kier alpha value is -2.25. The summed E-state index contributed by atoms with van der Waals surface area (Å²) in [6.45, 7) is 2.01. The SMILES string of the molecule is CC(NCc1c(F)cccc1F)c1ccc(C#N)cc1. The topological polar surface area (TPSA) is 35.8 Å². The van der Waals surface area contributed by atoms with E-state index in [4.69, 9.17) is 5.26 Å². The van der Waals surface area contributed by atoms with E-state index in [1.165, 1.54) is 18.2 Å². The summed E-state index contributed by atoms with van der Waals surface area (Å²) in [6.07, 6.45) is 0. The summed E-state index contributed by atoms with van der Waals surface area (Å²) in [5, 5.41) is 11.8. The van der Waals surface area contributed by atoms with Crippen LogP contribution in [0.15, 0.2) is 42.5 Å². The second-order valence-electron chi connectivity index (χ2n) is 4.54. The molecule has 0 saturated heterocycles. The number of nitriles is 1. The van der Waals surface area contributed by atoms with Crippen LogP contribution in [-0.4, -0.2) is 0 Å². The largest absolute Gasteiger partial charge is 0.306 e. The lowest BCUT2D eigenvalue weighted by Gasteiger charge is -2.15. The average molecular weight is 272 g/mol. The highest BCUT2D eigenvalue weighted by Crippen LogP contribution is 2.16. The molecule has 0 heterocycles. The molecule has 2 rings (SSSR count). The highest BCUT2D eigenvalue weighted by molar-refractivity contribution is 5.32. The molecule has 0 saturated carbocycles. The van der Waals surface area contributed by atoms with Crippen molar-refractivity contribution in [2.75, 3.05) is 0 Å². The quantitative estimate of drug-likeness (QED) is 0.921. The number of halogens is 2. The Labute approximate surface area is 116 Å². The van der Waals surface area contributed by atoms with Crippen molar-refractivity contribution in [1.82, 2.24) is 5.32 Å². The van der Waals surface area contributed by atoms with Crippen LogP contribution in [0.1, 0.15) is 29.7 Å². The van der Waals surface area contributed by atoms with Gasteiger partial charge in [0.15, 0.2) is 0 Å². The lowest BCUT2D eigenvalue weighted by Crippen LogP contribution is -2.19. The third-order valence-electron chi connectivity index (χ3n) is 3.19. The van der Waals surface area contributed by atoms with Crippen molar-refractivity contribution in [2.45, 2.75) is 19.5 Å². The fraction of sp³-hybridized carbons (Fsp3) is 0.188. The summed E-state index contributed by atoms with van der Waals surface area (Å²) in [5.74, 6) is -1.10. The molecule has 2 aromatic carbocycles. The summed E-state index contributed by atoms with van der Waals surface area (Å²) >= 11 is 0. The molecule has 1 N–H and O–H groups in total. The molecule has 0 aliphatic carbocycles. The number of nitrogens with zero attached hydrogens (tertiary/aromatic N) is 1. The van der Waals surface area contributed by atoms with Crippen LogP contribution < -0.4 is 5.32 Å². The molecule has 0 aliphatic rings. The van der Waals surface area contributed by atoms with Crippen LogP contribution in [-0.2, 0) is 6.54 Å². The van der Waals surface area contributed by atoms with E-state index in [1.807, 2.05) is 25.1 Å². The third kappa shape index (κ3) is 3.19. The van der Waals surface area contributed by atoms with E-state index in [-0.39, 0.29) is 18.2 Å². The number of hydrogen-bond acceptors (Lipinski definition) is 2. The van der Waals surface area contributed by atoms with Crippen LogP contribution in [0.25, 0.3) is 0 Å². The van der Waals surface area contributed by atoms with E-state index in [0.717, 1.165) is 5.56 Å². The first-order chi connectivity index (χ1) is 9.61. The van der Waals surface area contributed by atoms with Gasteiger partial charge in [-0.15, -0.1) is 0 Å². The zero-order valence-electron chi connectivity index (χ0n) is 11.0. The fourth-order valence-corrected chi connectivity index (χ4v) is 1.92. The third-order valence-corrected chi connectivity index (χ3v) is 3.19. The molecule has 0 spiro atoms. The Morgan fingerprint density at radius 2 is 1.70 bits per heavy atom. The molecule has 0 radical (unpaired) electrons. The Morgan fingerprint density at radius 3 is 2.25 bits per heavy atom. The van der Waals surface area contributed by atoms with Gasteiger partial charge < -0.3 is 5.32 Å². The van der Waals surface area contributed by atoms with Crippen LogP contribution in [0.4, 0.5) is 8.78 Å². The minimum Gasteiger partial charge on any atom is -0.306 e. The van der Waals surface area contributed by atoms with E-state index >= 15 is 0 Å². The van der Waals surface area contributed by atoms with Crippen molar-refractivity contribution in [2.24, 2.45) is 0 Å². The standard InChI is InChI=1S/C16H14F2N2/c1-11(13-7-5-12(9-19)6-8-13)20-10-14-15(17)3-2-4-16(14)18/h2-8,11,20H,10H2,1H3. The van der Waals surface area contributed by atoms with Crippen LogP contribution in [0.2, 0.25) is 0 Å². The molecule has 2 aromatic rings. The fourth-order valence-electron chi connectivity index (χ4n) is 1.92. The molecule has 1 atom stereocenters. The Kier molecular flexibility index (Phi) is 4.44. The van der Waals surface area contributed by atoms with Gasteiger partial charge in [-0.3, -0.25) is 0 Å². The molecule has 2 nitrogen and oxygen atoms in total. The van der Waals surface area contributed by atoms with Crippen molar-refractivity contribution in [3.05, 3.63) is 70.8 Å². The summed E-state index contributed by atoms with van der Waals surface area (Å²) in [4.78, 5) is 0. The smallest absolute Gasteiger partial charge is 0.130 e. The maximum atomic E-state index is 13.5. The Bertz CT molecular complexity index is 610. The lowest BCUT2D eigenvalue weighted by molar-refractivity contribution is 0.509. The van der Waals surface area contributed by atoms with E-state index in [9.17, 15) is 8.78 Å². The van der Waals surface area contributed by atoms with E-state index in [0.29, 0.717) is 5.56 Å². The van der Waals surface area contributed by atoms with Gasteiger partial charge in [0.1, 0.15) is 11.6 Å². The van der Waals surface area contributed by atoms with Crippen molar-refractivity contribution in [3.63, 3.8) is 0 Å². The molecule has 0 aliphatic heterocycles. The predicted octanol–water partition coefficient (Wildman–Crippen LogP) is 3.69. The van der Waals surface area contributed by atoms with Gasteiger partial charge in [0.05, 0.1) is 11.6 Å². The molecular formula is C16H14F2N2. The van der Waals surface area contributed by atoms with Crippen molar-refractivity contribution >= 4 is 0 Å². The Balaban J connectivity index is 2.05. The van der Waals surface area contributed by atoms with Crippen molar-refractivity contribution in [1.29, 1.82) is 5.26 Å². The first-order valence-electron chi connectivity index (χ1n) is 6.28. The number of benzene rings is 2. The second-order valence-corrected chi connectivity index (χ2v) is 4.54. The summed E-state index contributed by atoms with van der Waals surface area (Å²) in [7, 11) is 0. The van der Waals surface area contributed by atoms with Gasteiger partial charge >= 0.3 is 0 Å². The molecule has 0 bridgehead atoms. The average Bonchev–Trinajstić information content (AvgIpc) is 2.46. The minimum absolute atomic E-state index is 0.0352. The van der Waals surface area contributed by atoms with E-state index < -0.39 is 11.6 Å². The highest BCUT2D eigenvalue weighted by atomic mass is 19.1. The lowest BCUT2D eigenvalue weighted by atomic mass is 10.1. The number of hydrogen-bond donors (Lipinski definition) is 1. The molecule has 4 heteroatoms. The molecule has 102 valence electrons. The second kappa shape index (κ2) is 6.27. The van der Waals surface area contributed by atoms with Crippen LogP contribution >= 0.6 is 0 Å². The maximum absolute atomic E-state index is 13.5. The van der Waals surface area contributed by atoms with Gasteiger partial charge in [0.25, 0.3) is 0 Å². The van der Waals surface area contributed by atoms with E-state index in [2.05, 4.69) is 5.32 Å². The van der Waals surface area contributed by atoms with Gasteiger partial charge in [-0.25, -0.2) is 8.78 Å². The van der Waals surface area contributed by atoms with Crippen molar-refractivity contribution in [3.8, 4) is 6.07 Å². The zero-order chi connectivity index (χ0) is 14.5. The summed E-state index contributed by atoms with van der Waals surface area (Å²) < 4.78 is 27.0. The molecule has 0 aromatic heterocycles. The van der Waals surface area contributed by atoms with Gasteiger partial charge in [-0.05, 0) is 36.8 Å². The predicted molar refractivity (Wildman–Crippen MR) is 72.8 cm³/mol. The van der Waals surface area contributed by atoms with E-state index in [1.54, 1.807) is 12.1 Å². The van der Waals surface area contributed by atoms with Crippen LogP contribution in [0.5, 0.6) is 0 Å². The number of nitrogens with one attached hydrogen (secondary N) is 1. The van der Waals surface area contributed by atoms with Gasteiger partial charge in [-0.1, -0.05) is 18.2 Å². The molecule has 20 heavy (non-hydrogen) atoms. The molecule has 1 unspecified atom stereocenters. The first kappa shape index (κ1) is 14.2. The summed E-state index contributed by atoms with van der Waals surface area (Å²) in [5.41, 5.74) is 1.58. The number of rotatable bonds is 4. The van der Waals surface area contributed by atoms with Gasteiger partial charge in [0, 0.05) is 18.2 Å².